The minimum atomic E-state index is -4.71. The Kier molecular flexibility index (Phi) is 9.42. The molecule has 4 rings (SSSR count). The molecule has 0 unspecified atom stereocenters. The third-order valence-corrected chi connectivity index (χ3v) is 5.83. The monoisotopic (exact) mass is 580 g/mol. The number of urea groups is 1. The van der Waals surface area contributed by atoms with E-state index in [2.05, 4.69) is 37.5 Å². The van der Waals surface area contributed by atoms with Crippen molar-refractivity contribution < 1.29 is 32.2 Å². The molecule has 2 heterocycles. The Balaban J connectivity index is 1.53. The lowest BCUT2D eigenvalue weighted by molar-refractivity contribution is -0.138. The van der Waals surface area contributed by atoms with Gasteiger partial charge in [-0.25, -0.2) is 14.8 Å². The molecule has 1 aliphatic rings. The molecule has 0 saturated heterocycles. The molecule has 0 saturated carbocycles. The van der Waals surface area contributed by atoms with E-state index < -0.39 is 23.5 Å². The third kappa shape index (κ3) is 7.44. The maximum Gasteiger partial charge on any atom is 0.420 e. The van der Waals surface area contributed by atoms with Gasteiger partial charge in [0.25, 0.3) is 5.88 Å². The molecule has 13 heteroatoms. The van der Waals surface area contributed by atoms with Gasteiger partial charge in [0.2, 0.25) is 0 Å². The zero-order chi connectivity index (χ0) is 30.1. The number of alkyl halides is 3. The number of nitrogens with one attached hydrogen (secondary N) is 3. The molecule has 1 aliphatic heterocycles. The number of aromatic nitrogens is 2. The molecule has 10 nitrogen and oxygen atoms in total. The highest BCUT2D eigenvalue weighted by Crippen LogP contribution is 2.42. The van der Waals surface area contributed by atoms with Crippen molar-refractivity contribution in [1.29, 1.82) is 0 Å². The number of hydrogen-bond acceptors (Lipinski definition) is 8. The van der Waals surface area contributed by atoms with Crippen molar-refractivity contribution in [3.63, 3.8) is 0 Å². The summed E-state index contributed by atoms with van der Waals surface area (Å²) in [6.45, 7) is 3.91. The molecule has 0 atom stereocenters. The maximum atomic E-state index is 13.5. The second kappa shape index (κ2) is 13.4. The van der Waals surface area contributed by atoms with Crippen LogP contribution in [0.2, 0.25) is 0 Å². The third-order valence-electron chi connectivity index (χ3n) is 5.83. The van der Waals surface area contributed by atoms with Crippen LogP contribution in [0.5, 0.6) is 17.4 Å². The lowest BCUT2D eigenvalue weighted by atomic mass is 10.1. The first-order valence-corrected chi connectivity index (χ1v) is 12.5. The molecule has 0 aliphatic carbocycles. The maximum absolute atomic E-state index is 13.5. The fourth-order valence-corrected chi connectivity index (χ4v) is 3.87. The van der Waals surface area contributed by atoms with Gasteiger partial charge in [0.05, 0.1) is 37.4 Å². The molecular formula is C29H27F3N6O4. The number of carbonyl (C=O) groups excluding carboxylic acids is 1. The molecule has 0 radical (unpaired) electrons. The van der Waals surface area contributed by atoms with Gasteiger partial charge in [0.1, 0.15) is 18.1 Å². The predicted molar refractivity (Wildman–Crippen MR) is 154 cm³/mol. The standard InChI is InChI=1S/C29H27F3N6O4/c1-4-34-26-27(42-17-18-7-6-11-33-12-10-18)37-23(16-35-26)19-8-5-9-20(13-19)36-28(39)38-22-14-21(29(30,31)32)24(40-2)15-25(22)41-3/h4-6,8-16H,1,7,17H2,2-3H3,(H,34,35)(H2,36,38,39). The number of carbonyl (C=O) groups is 1. The zero-order valence-electron chi connectivity index (χ0n) is 22.7. The summed E-state index contributed by atoms with van der Waals surface area (Å²) >= 11 is 0. The quantitative estimate of drug-likeness (QED) is 0.245. The normalized spacial score (nSPS) is 12.5. The lowest BCUT2D eigenvalue weighted by Gasteiger charge is -2.17. The second-order valence-electron chi connectivity index (χ2n) is 8.67. The molecular weight excluding hydrogens is 553 g/mol. The van der Waals surface area contributed by atoms with Crippen LogP contribution in [-0.2, 0) is 6.18 Å². The fraction of sp³-hybridized carbons (Fsp3) is 0.172. The number of anilines is 3. The summed E-state index contributed by atoms with van der Waals surface area (Å²) in [7, 11) is 2.38. The van der Waals surface area contributed by atoms with Gasteiger partial charge in [-0.3, -0.25) is 4.99 Å². The number of rotatable bonds is 10. The minimum Gasteiger partial charge on any atom is -0.496 e. The number of ether oxygens (including phenoxy) is 3. The highest BCUT2D eigenvalue weighted by Gasteiger charge is 2.35. The first-order valence-electron chi connectivity index (χ1n) is 12.5. The van der Waals surface area contributed by atoms with Crippen LogP contribution < -0.4 is 30.2 Å². The molecule has 0 bridgehead atoms. The van der Waals surface area contributed by atoms with Crippen molar-refractivity contribution in [3.8, 4) is 28.6 Å². The smallest absolute Gasteiger partial charge is 0.420 e. The molecule has 1 aromatic heterocycles. The van der Waals surface area contributed by atoms with Crippen LogP contribution in [0.15, 0.2) is 84.3 Å². The largest absolute Gasteiger partial charge is 0.496 e. The van der Waals surface area contributed by atoms with Crippen LogP contribution in [0, 0.1) is 0 Å². The highest BCUT2D eigenvalue weighted by atomic mass is 19.4. The number of aliphatic imine (C=N–C) groups is 1. The Bertz CT molecular complexity index is 1550. The summed E-state index contributed by atoms with van der Waals surface area (Å²) in [4.78, 5) is 25.8. The van der Waals surface area contributed by atoms with Crippen molar-refractivity contribution >= 4 is 29.4 Å². The summed E-state index contributed by atoms with van der Waals surface area (Å²) in [5.74, 6) is 0.158. The van der Waals surface area contributed by atoms with Crippen LogP contribution in [0.3, 0.4) is 0 Å². The minimum absolute atomic E-state index is 0.0114. The van der Waals surface area contributed by atoms with Crippen LogP contribution in [0.4, 0.5) is 35.2 Å². The van der Waals surface area contributed by atoms with Crippen molar-refractivity contribution in [1.82, 2.24) is 9.97 Å². The Hall–Kier alpha value is -5.33. The summed E-state index contributed by atoms with van der Waals surface area (Å²) in [5.41, 5.74) is 1.13. The summed E-state index contributed by atoms with van der Waals surface area (Å²) < 4.78 is 56.5. The van der Waals surface area contributed by atoms with Gasteiger partial charge in [-0.15, -0.1) is 0 Å². The highest BCUT2D eigenvalue weighted by molar-refractivity contribution is 6.01. The second-order valence-corrected chi connectivity index (χ2v) is 8.67. The number of nitrogens with zero attached hydrogens (tertiary/aromatic N) is 3. The predicted octanol–water partition coefficient (Wildman–Crippen LogP) is 6.67. The van der Waals surface area contributed by atoms with Crippen molar-refractivity contribution in [3.05, 3.63) is 84.9 Å². The topological polar surface area (TPSA) is 119 Å². The molecule has 2 aromatic carbocycles. The van der Waals surface area contributed by atoms with Gasteiger partial charge >= 0.3 is 12.2 Å². The van der Waals surface area contributed by atoms with Crippen LogP contribution >= 0.6 is 0 Å². The number of benzene rings is 2. The summed E-state index contributed by atoms with van der Waals surface area (Å²) in [5, 5.41) is 7.91. The molecule has 3 aromatic rings. The van der Waals surface area contributed by atoms with Gasteiger partial charge in [-0.1, -0.05) is 24.8 Å². The Morgan fingerprint density at radius 2 is 1.93 bits per heavy atom. The van der Waals surface area contributed by atoms with Crippen LogP contribution in [0.1, 0.15) is 12.0 Å². The molecule has 0 fully saturated rings. The van der Waals surface area contributed by atoms with Crippen LogP contribution in [0.25, 0.3) is 11.3 Å². The first kappa shape index (κ1) is 29.6. The SMILES string of the molecule is C=CNc1ncc(-c2cccc(NC(=O)Nc3cc(C(F)(F)F)c(OC)cc3OC)c2)nc1OCC1=CC=NC=CC1. The number of amides is 2. The van der Waals surface area contributed by atoms with Gasteiger partial charge in [0.15, 0.2) is 5.82 Å². The molecule has 42 heavy (non-hydrogen) atoms. The van der Waals surface area contributed by atoms with Gasteiger partial charge in [-0.2, -0.15) is 13.2 Å². The van der Waals surface area contributed by atoms with E-state index >= 15 is 0 Å². The van der Waals surface area contributed by atoms with E-state index in [4.69, 9.17) is 14.2 Å². The zero-order valence-corrected chi connectivity index (χ0v) is 22.7. The fourth-order valence-electron chi connectivity index (χ4n) is 3.87. The van der Waals surface area contributed by atoms with Crippen LogP contribution in [-0.4, -0.2) is 43.0 Å². The number of halogens is 3. The van der Waals surface area contributed by atoms with E-state index in [1.165, 1.54) is 19.5 Å². The average molecular weight is 581 g/mol. The van der Waals surface area contributed by atoms with Crippen molar-refractivity contribution in [2.75, 3.05) is 36.8 Å². The van der Waals surface area contributed by atoms with Gasteiger partial charge < -0.3 is 30.2 Å². The van der Waals surface area contributed by atoms with Crippen molar-refractivity contribution in [2.45, 2.75) is 12.6 Å². The van der Waals surface area contributed by atoms with E-state index in [0.717, 1.165) is 24.8 Å². The molecule has 218 valence electrons. The Morgan fingerprint density at radius 1 is 1.12 bits per heavy atom. The van der Waals surface area contributed by atoms with Crippen molar-refractivity contribution in [2.24, 2.45) is 4.99 Å². The Labute approximate surface area is 239 Å². The summed E-state index contributed by atoms with van der Waals surface area (Å²) in [6.07, 6.45) is 6.12. The summed E-state index contributed by atoms with van der Waals surface area (Å²) in [6, 6.07) is 7.70. The van der Waals surface area contributed by atoms with E-state index in [9.17, 15) is 18.0 Å². The molecule has 2 amide bonds. The van der Waals surface area contributed by atoms with E-state index in [-0.39, 0.29) is 23.9 Å². The molecule has 3 N–H and O–H groups in total. The number of hydrogen-bond donors (Lipinski definition) is 3. The first-order chi connectivity index (χ1) is 20.2. The Morgan fingerprint density at radius 3 is 2.67 bits per heavy atom. The molecule has 0 spiro atoms. The van der Waals surface area contributed by atoms with Gasteiger partial charge in [0, 0.05) is 29.7 Å². The lowest BCUT2D eigenvalue weighted by Crippen LogP contribution is -2.20. The van der Waals surface area contributed by atoms with E-state index in [1.807, 2.05) is 12.2 Å². The van der Waals surface area contributed by atoms with Gasteiger partial charge in [-0.05, 0) is 42.5 Å². The average Bonchev–Trinajstić information content (AvgIpc) is 3.25. The van der Waals surface area contributed by atoms with E-state index in [1.54, 1.807) is 36.7 Å². The number of methoxy groups -OCH3 is 2. The van der Waals surface area contributed by atoms with E-state index in [0.29, 0.717) is 29.2 Å². The number of allylic oxidation sites excluding steroid dienone is 2.